The van der Waals surface area contributed by atoms with Gasteiger partial charge in [0.05, 0.1) is 5.52 Å². The summed E-state index contributed by atoms with van der Waals surface area (Å²) in [5, 5.41) is 0. The molecule has 0 aliphatic heterocycles. The largest absolute Gasteiger partial charge is 0.325 e. The number of pyridine rings is 1. The highest BCUT2D eigenvalue weighted by Gasteiger charge is 1.94. The highest BCUT2D eigenvalue weighted by molar-refractivity contribution is 5.68. The highest BCUT2D eigenvalue weighted by Crippen LogP contribution is 2.17. The zero-order valence-corrected chi connectivity index (χ0v) is 11.9. The van der Waals surface area contributed by atoms with Crippen molar-refractivity contribution in [3.8, 4) is 11.1 Å². The fourth-order valence-corrected chi connectivity index (χ4v) is 2.13. The Hall–Kier alpha value is -3.14. The molecule has 0 unspecified atom stereocenters. The van der Waals surface area contributed by atoms with Crippen molar-refractivity contribution in [1.82, 2.24) is 15.0 Å². The zero-order chi connectivity index (χ0) is 15.2. The fourth-order valence-electron chi connectivity index (χ4n) is 2.13. The van der Waals surface area contributed by atoms with Gasteiger partial charge in [-0.2, -0.15) is 0 Å². The molecule has 0 radical (unpaired) electrons. The molecule has 0 fully saturated rings. The van der Waals surface area contributed by atoms with Crippen LogP contribution in [0.25, 0.3) is 22.3 Å². The van der Waals surface area contributed by atoms with Crippen molar-refractivity contribution in [2.45, 2.75) is 0 Å². The molecule has 0 saturated heterocycles. The van der Waals surface area contributed by atoms with Gasteiger partial charge in [0.1, 0.15) is 0 Å². The number of benzene rings is 2. The van der Waals surface area contributed by atoms with Crippen molar-refractivity contribution in [2.75, 3.05) is 0 Å². The minimum absolute atomic E-state index is 0.214. The predicted octanol–water partition coefficient (Wildman–Crippen LogP) is 3.60. The van der Waals surface area contributed by atoms with Crippen molar-refractivity contribution >= 4 is 11.2 Å². The van der Waals surface area contributed by atoms with Crippen molar-refractivity contribution < 1.29 is 0 Å². The van der Waals surface area contributed by atoms with Gasteiger partial charge >= 0.3 is 5.69 Å². The summed E-state index contributed by atoms with van der Waals surface area (Å²) in [7, 11) is 0. The van der Waals surface area contributed by atoms with Crippen LogP contribution in [0.15, 0.2) is 83.8 Å². The van der Waals surface area contributed by atoms with Crippen LogP contribution in [0.3, 0.4) is 0 Å². The summed E-state index contributed by atoms with van der Waals surface area (Å²) >= 11 is 0. The molecular weight excluding hydrogens is 274 g/mol. The van der Waals surface area contributed by atoms with Gasteiger partial charge in [-0.05, 0) is 23.3 Å². The molecule has 4 rings (SSSR count). The van der Waals surface area contributed by atoms with Gasteiger partial charge in [0.2, 0.25) is 0 Å². The molecule has 2 aromatic heterocycles. The lowest BCUT2D eigenvalue weighted by atomic mass is 10.1. The topological polar surface area (TPSA) is 61.5 Å². The molecule has 2 N–H and O–H groups in total. The average molecular weight is 289 g/mol. The number of fused-ring (bicyclic) bond motifs is 1. The Morgan fingerprint density at radius 3 is 1.82 bits per heavy atom. The summed E-state index contributed by atoms with van der Waals surface area (Å²) < 4.78 is 0. The number of hydrogen-bond donors (Lipinski definition) is 2. The number of aromatic nitrogens is 3. The molecule has 0 bridgehead atoms. The summed E-state index contributed by atoms with van der Waals surface area (Å²) in [6.07, 6.45) is 1.63. The summed E-state index contributed by atoms with van der Waals surface area (Å²) in [4.78, 5) is 19.7. The number of nitrogens with zero attached hydrogens (tertiary/aromatic N) is 1. The van der Waals surface area contributed by atoms with Crippen molar-refractivity contribution in [3.63, 3.8) is 0 Å². The van der Waals surface area contributed by atoms with E-state index < -0.39 is 0 Å². The molecule has 4 nitrogen and oxygen atoms in total. The Balaban J connectivity index is 0.000000133. The maximum absolute atomic E-state index is 10.6. The van der Waals surface area contributed by atoms with Gasteiger partial charge in [-0.3, -0.25) is 4.98 Å². The van der Waals surface area contributed by atoms with Gasteiger partial charge < -0.3 is 4.98 Å². The van der Waals surface area contributed by atoms with Gasteiger partial charge in [0.25, 0.3) is 0 Å². The SMILES string of the molecule is O=c1[nH]c2cccnc2[nH]1.c1ccc(-c2ccccc2)cc1. The van der Waals surface area contributed by atoms with Crippen LogP contribution in [0.4, 0.5) is 0 Å². The van der Waals surface area contributed by atoms with Crippen molar-refractivity contribution in [3.05, 3.63) is 89.5 Å². The van der Waals surface area contributed by atoms with Gasteiger partial charge in [0, 0.05) is 6.20 Å². The molecule has 0 aliphatic carbocycles. The first-order valence-corrected chi connectivity index (χ1v) is 6.96. The lowest BCUT2D eigenvalue weighted by Gasteiger charge is -1.98. The first-order chi connectivity index (χ1) is 10.8. The molecule has 0 aliphatic rings. The monoisotopic (exact) mass is 289 g/mol. The molecule has 108 valence electrons. The Morgan fingerprint density at radius 1 is 0.682 bits per heavy atom. The molecule has 2 aromatic carbocycles. The van der Waals surface area contributed by atoms with E-state index in [1.807, 2.05) is 12.1 Å². The van der Waals surface area contributed by atoms with Crippen molar-refractivity contribution in [2.24, 2.45) is 0 Å². The number of imidazole rings is 1. The summed E-state index contributed by atoms with van der Waals surface area (Å²) in [6, 6.07) is 24.3. The van der Waals surface area contributed by atoms with Crippen LogP contribution in [0.2, 0.25) is 0 Å². The van der Waals surface area contributed by atoms with Crippen LogP contribution in [-0.2, 0) is 0 Å². The molecule has 22 heavy (non-hydrogen) atoms. The van der Waals surface area contributed by atoms with E-state index in [0.29, 0.717) is 5.65 Å². The Morgan fingerprint density at radius 2 is 1.27 bits per heavy atom. The van der Waals surface area contributed by atoms with Crippen LogP contribution < -0.4 is 5.69 Å². The number of H-pyrrole nitrogens is 2. The van der Waals surface area contributed by atoms with E-state index in [9.17, 15) is 4.79 Å². The lowest BCUT2D eigenvalue weighted by Crippen LogP contribution is -1.99. The summed E-state index contributed by atoms with van der Waals surface area (Å²) in [5.41, 5.74) is 3.69. The maximum atomic E-state index is 10.6. The predicted molar refractivity (Wildman–Crippen MR) is 88.6 cm³/mol. The van der Waals surface area contributed by atoms with E-state index in [1.54, 1.807) is 18.3 Å². The second-order valence-electron chi connectivity index (χ2n) is 4.71. The quantitative estimate of drug-likeness (QED) is 0.562. The zero-order valence-electron chi connectivity index (χ0n) is 11.9. The minimum Gasteiger partial charge on any atom is -0.304 e. The van der Waals surface area contributed by atoms with E-state index in [-0.39, 0.29) is 5.69 Å². The minimum atomic E-state index is -0.214. The Labute approximate surface area is 127 Å². The van der Waals surface area contributed by atoms with Gasteiger partial charge in [-0.25, -0.2) is 9.78 Å². The number of aromatic amines is 2. The third kappa shape index (κ3) is 3.30. The van der Waals surface area contributed by atoms with Crippen LogP contribution in [0, 0.1) is 0 Å². The third-order valence-electron chi connectivity index (χ3n) is 3.17. The first kappa shape index (κ1) is 13.8. The second-order valence-corrected chi connectivity index (χ2v) is 4.71. The summed E-state index contributed by atoms with van der Waals surface area (Å²) in [6.45, 7) is 0. The molecule has 4 aromatic rings. The van der Waals surface area contributed by atoms with E-state index in [1.165, 1.54) is 11.1 Å². The molecule has 2 heterocycles. The highest BCUT2D eigenvalue weighted by atomic mass is 16.1. The average Bonchev–Trinajstić information content (AvgIpc) is 2.97. The lowest BCUT2D eigenvalue weighted by molar-refractivity contribution is 1.20. The van der Waals surface area contributed by atoms with Crippen molar-refractivity contribution in [1.29, 1.82) is 0 Å². The van der Waals surface area contributed by atoms with E-state index in [2.05, 4.69) is 63.5 Å². The van der Waals surface area contributed by atoms with Crippen LogP contribution in [0.5, 0.6) is 0 Å². The molecular formula is C18H15N3O. The molecule has 0 atom stereocenters. The third-order valence-corrected chi connectivity index (χ3v) is 3.17. The fraction of sp³-hybridized carbons (Fsp3) is 0. The molecule has 0 spiro atoms. The maximum Gasteiger partial charge on any atom is 0.325 e. The normalized spacial score (nSPS) is 10.0. The molecule has 4 heteroatoms. The Kier molecular flexibility index (Phi) is 4.11. The van der Waals surface area contributed by atoms with Crippen LogP contribution in [-0.4, -0.2) is 15.0 Å². The van der Waals surface area contributed by atoms with E-state index in [0.717, 1.165) is 5.52 Å². The number of rotatable bonds is 1. The van der Waals surface area contributed by atoms with Gasteiger partial charge in [0.15, 0.2) is 5.65 Å². The smallest absolute Gasteiger partial charge is 0.304 e. The van der Waals surface area contributed by atoms with E-state index >= 15 is 0 Å². The second kappa shape index (κ2) is 6.54. The summed E-state index contributed by atoms with van der Waals surface area (Å²) in [5.74, 6) is 0. The standard InChI is InChI=1S/C12H10.C6H5N3O/c1-3-7-11(8-4-1)12-9-5-2-6-10-12;10-6-8-4-2-1-3-7-5(4)9-6/h1-10H;1-3H,(H2,7,8,9,10). The van der Waals surface area contributed by atoms with Crippen LogP contribution in [0.1, 0.15) is 0 Å². The first-order valence-electron chi connectivity index (χ1n) is 6.96. The van der Waals surface area contributed by atoms with E-state index in [4.69, 9.17) is 0 Å². The number of hydrogen-bond acceptors (Lipinski definition) is 2. The van der Waals surface area contributed by atoms with Gasteiger partial charge in [-0.1, -0.05) is 60.7 Å². The van der Waals surface area contributed by atoms with Crippen LogP contribution >= 0.6 is 0 Å². The number of nitrogens with one attached hydrogen (secondary N) is 2. The molecule has 0 amide bonds. The molecule has 0 saturated carbocycles. The Bertz CT molecular complexity index is 822. The van der Waals surface area contributed by atoms with Gasteiger partial charge in [-0.15, -0.1) is 0 Å².